The summed E-state index contributed by atoms with van der Waals surface area (Å²) in [5, 5.41) is 6.61. The van der Waals surface area contributed by atoms with E-state index in [1.807, 2.05) is 12.1 Å². The number of carbonyl (C=O) groups excluding carboxylic acids is 2. The molecule has 1 saturated heterocycles. The number of furan rings is 1. The predicted octanol–water partition coefficient (Wildman–Crippen LogP) is 1.89. The first-order valence-electron chi connectivity index (χ1n) is 10.4. The molecule has 0 aromatic carbocycles. The van der Waals surface area contributed by atoms with E-state index in [1.165, 1.54) is 12.1 Å². The lowest BCUT2D eigenvalue weighted by Gasteiger charge is -2.21. The quantitative estimate of drug-likeness (QED) is 0.490. The summed E-state index contributed by atoms with van der Waals surface area (Å²) >= 11 is 0. The maximum absolute atomic E-state index is 13.1. The van der Waals surface area contributed by atoms with Gasteiger partial charge in [0, 0.05) is 31.2 Å². The number of sulfonamides is 1. The van der Waals surface area contributed by atoms with Crippen molar-refractivity contribution in [1.82, 2.24) is 19.1 Å². The Kier molecular flexibility index (Phi) is 6.56. The summed E-state index contributed by atoms with van der Waals surface area (Å²) in [6.07, 6.45) is 5.96. The van der Waals surface area contributed by atoms with Gasteiger partial charge in [-0.2, -0.15) is 9.40 Å². The molecule has 1 aliphatic rings. The van der Waals surface area contributed by atoms with Crippen LogP contribution in [0.2, 0.25) is 0 Å². The highest BCUT2D eigenvalue weighted by Gasteiger charge is 2.41. The average molecular weight is 474 g/mol. The average Bonchev–Trinajstić information content (AvgIpc) is 3.56. The van der Waals surface area contributed by atoms with E-state index in [-0.39, 0.29) is 18.9 Å². The van der Waals surface area contributed by atoms with Crippen molar-refractivity contribution in [3.63, 3.8) is 0 Å². The minimum atomic E-state index is -4.12. The molecule has 0 bridgehead atoms. The van der Waals surface area contributed by atoms with Crippen molar-refractivity contribution in [2.45, 2.75) is 37.4 Å². The van der Waals surface area contributed by atoms with Crippen LogP contribution in [-0.2, 0) is 26.1 Å². The zero-order chi connectivity index (χ0) is 23.4. The molecule has 0 radical (unpaired) electrons. The van der Waals surface area contributed by atoms with Gasteiger partial charge in [0.25, 0.3) is 10.0 Å². The molecule has 0 aliphatic carbocycles. The van der Waals surface area contributed by atoms with Gasteiger partial charge in [-0.3, -0.25) is 14.5 Å². The molecule has 1 amide bonds. The van der Waals surface area contributed by atoms with Crippen LogP contribution >= 0.6 is 0 Å². The molecule has 4 rings (SSSR count). The number of nitrogens with one attached hydrogen (secondary N) is 1. The van der Waals surface area contributed by atoms with Crippen molar-refractivity contribution in [3.8, 4) is 0 Å². The zero-order valence-corrected chi connectivity index (χ0v) is 18.7. The molecule has 12 heteroatoms. The van der Waals surface area contributed by atoms with Crippen LogP contribution in [0.4, 0.5) is 5.82 Å². The smallest absolute Gasteiger partial charge is 0.374 e. The second-order valence-corrected chi connectivity index (χ2v) is 9.18. The lowest BCUT2D eigenvalue weighted by Crippen LogP contribution is -2.43. The Morgan fingerprint density at radius 1 is 1.21 bits per heavy atom. The second kappa shape index (κ2) is 9.55. The SMILES string of the molecule is CCOC(=O)c1ccc(S(=O)(=O)N2CCCC2C(=O)Nc2ccn(Cc3ccncc3)n2)o1. The number of ether oxygens (including phenoxy) is 1. The first-order valence-corrected chi connectivity index (χ1v) is 11.8. The van der Waals surface area contributed by atoms with E-state index in [0.29, 0.717) is 25.2 Å². The second-order valence-electron chi connectivity index (χ2n) is 7.36. The number of esters is 1. The Bertz CT molecular complexity index is 1240. The molecule has 1 unspecified atom stereocenters. The summed E-state index contributed by atoms with van der Waals surface area (Å²) in [6.45, 7) is 2.43. The third-order valence-electron chi connectivity index (χ3n) is 5.11. The van der Waals surface area contributed by atoms with E-state index >= 15 is 0 Å². The summed E-state index contributed by atoms with van der Waals surface area (Å²) in [7, 11) is -4.12. The monoisotopic (exact) mass is 473 g/mol. The maximum atomic E-state index is 13.1. The van der Waals surface area contributed by atoms with Gasteiger partial charge in [0.15, 0.2) is 5.82 Å². The molecule has 1 aliphatic heterocycles. The Labute approximate surface area is 190 Å². The molecular weight excluding hydrogens is 450 g/mol. The largest absolute Gasteiger partial charge is 0.460 e. The van der Waals surface area contributed by atoms with Gasteiger partial charge in [0.2, 0.25) is 16.8 Å². The number of hydrogen-bond acceptors (Lipinski definition) is 8. The zero-order valence-electron chi connectivity index (χ0n) is 17.9. The van der Waals surface area contributed by atoms with Gasteiger partial charge in [-0.05, 0) is 49.6 Å². The number of aromatic nitrogens is 3. The molecular formula is C21H23N5O6S. The van der Waals surface area contributed by atoms with E-state index in [1.54, 1.807) is 36.3 Å². The van der Waals surface area contributed by atoms with Crippen molar-refractivity contribution in [2.75, 3.05) is 18.5 Å². The van der Waals surface area contributed by atoms with Gasteiger partial charge in [0.05, 0.1) is 13.2 Å². The molecule has 11 nitrogen and oxygen atoms in total. The van der Waals surface area contributed by atoms with E-state index in [2.05, 4.69) is 15.4 Å². The number of hydrogen-bond donors (Lipinski definition) is 1. The summed E-state index contributed by atoms with van der Waals surface area (Å²) < 4.78 is 39.0. The van der Waals surface area contributed by atoms with E-state index < -0.39 is 33.0 Å². The fourth-order valence-electron chi connectivity index (χ4n) is 3.58. The first kappa shape index (κ1) is 22.7. The number of amides is 1. The van der Waals surface area contributed by atoms with Crippen LogP contribution in [0, 0.1) is 0 Å². The standard InChI is InChI=1S/C21H23N5O6S/c1-2-31-21(28)17-5-6-19(32-17)33(29,30)26-12-3-4-16(26)20(27)23-18-9-13-25(24-18)14-15-7-10-22-11-8-15/h5-11,13,16H,2-4,12,14H2,1H3,(H,23,24,27). The molecule has 3 aromatic heterocycles. The van der Waals surface area contributed by atoms with E-state index in [0.717, 1.165) is 9.87 Å². The third kappa shape index (κ3) is 4.96. The third-order valence-corrected chi connectivity index (χ3v) is 6.90. The van der Waals surface area contributed by atoms with Crippen molar-refractivity contribution in [2.24, 2.45) is 0 Å². The highest BCUT2D eigenvalue weighted by atomic mass is 32.2. The predicted molar refractivity (Wildman–Crippen MR) is 116 cm³/mol. The van der Waals surface area contributed by atoms with Crippen LogP contribution in [0.1, 0.15) is 35.9 Å². The minimum Gasteiger partial charge on any atom is -0.460 e. The number of pyridine rings is 1. The molecule has 1 fully saturated rings. The van der Waals surface area contributed by atoms with Crippen LogP contribution in [-0.4, -0.2) is 58.6 Å². The van der Waals surface area contributed by atoms with E-state index in [4.69, 9.17) is 9.15 Å². The molecule has 3 aromatic rings. The van der Waals surface area contributed by atoms with Gasteiger partial charge in [-0.25, -0.2) is 13.2 Å². The molecule has 0 saturated carbocycles. The maximum Gasteiger partial charge on any atom is 0.374 e. The van der Waals surface area contributed by atoms with Crippen LogP contribution in [0.15, 0.2) is 58.4 Å². The molecule has 0 spiro atoms. The number of anilines is 1. The molecule has 33 heavy (non-hydrogen) atoms. The fourth-order valence-corrected chi connectivity index (χ4v) is 5.15. The molecule has 1 N–H and O–H groups in total. The van der Waals surface area contributed by atoms with Crippen molar-refractivity contribution < 1.29 is 27.2 Å². The van der Waals surface area contributed by atoms with Crippen molar-refractivity contribution in [1.29, 1.82) is 0 Å². The van der Waals surface area contributed by atoms with Gasteiger partial charge >= 0.3 is 5.97 Å². The minimum absolute atomic E-state index is 0.133. The van der Waals surface area contributed by atoms with Crippen molar-refractivity contribution in [3.05, 3.63) is 60.2 Å². The van der Waals surface area contributed by atoms with Crippen LogP contribution in [0.5, 0.6) is 0 Å². The number of carbonyl (C=O) groups is 2. The van der Waals surface area contributed by atoms with Gasteiger partial charge in [0.1, 0.15) is 6.04 Å². The summed E-state index contributed by atoms with van der Waals surface area (Å²) in [6, 6.07) is 6.88. The highest BCUT2D eigenvalue weighted by Crippen LogP contribution is 2.28. The summed E-state index contributed by atoms with van der Waals surface area (Å²) in [5.74, 6) is -1.13. The lowest BCUT2D eigenvalue weighted by atomic mass is 10.2. The van der Waals surface area contributed by atoms with Crippen LogP contribution in [0.3, 0.4) is 0 Å². The first-order chi connectivity index (χ1) is 15.9. The fraction of sp³-hybridized carbons (Fsp3) is 0.333. The highest BCUT2D eigenvalue weighted by molar-refractivity contribution is 7.89. The Morgan fingerprint density at radius 3 is 2.76 bits per heavy atom. The van der Waals surface area contributed by atoms with Gasteiger partial charge in [-0.1, -0.05) is 0 Å². The Morgan fingerprint density at radius 2 is 2.00 bits per heavy atom. The van der Waals surface area contributed by atoms with Crippen molar-refractivity contribution >= 4 is 27.7 Å². The molecule has 174 valence electrons. The summed E-state index contributed by atoms with van der Waals surface area (Å²) in [4.78, 5) is 28.7. The number of nitrogens with zero attached hydrogens (tertiary/aromatic N) is 4. The van der Waals surface area contributed by atoms with Crippen LogP contribution in [0.25, 0.3) is 0 Å². The van der Waals surface area contributed by atoms with Gasteiger partial charge in [-0.15, -0.1) is 0 Å². The summed E-state index contributed by atoms with van der Waals surface area (Å²) in [5.41, 5.74) is 1.000. The van der Waals surface area contributed by atoms with E-state index in [9.17, 15) is 18.0 Å². The Hall–Kier alpha value is -3.51. The van der Waals surface area contributed by atoms with Gasteiger partial charge < -0.3 is 14.5 Å². The topological polar surface area (TPSA) is 137 Å². The normalized spacial score (nSPS) is 16.6. The lowest BCUT2D eigenvalue weighted by molar-refractivity contribution is -0.119. The van der Waals surface area contributed by atoms with Crippen LogP contribution < -0.4 is 5.32 Å². The number of rotatable bonds is 8. The molecule has 4 heterocycles. The molecule has 1 atom stereocenters. The Balaban J connectivity index is 1.45.